The first-order valence-corrected chi connectivity index (χ1v) is 19.1. The Morgan fingerprint density at radius 1 is 0.365 bits per heavy atom. The predicted molar refractivity (Wildman–Crippen MR) is 223 cm³/mol. The molecule has 254 valence electrons. The van der Waals surface area contributed by atoms with Gasteiger partial charge in [0.15, 0.2) is 0 Å². The van der Waals surface area contributed by atoms with E-state index in [2.05, 4.69) is 182 Å². The quantitative estimate of drug-likeness (QED) is 0.156. The molecule has 4 aromatic carbocycles. The Labute approximate surface area is 310 Å². The third-order valence-electron chi connectivity index (χ3n) is 10.7. The van der Waals surface area contributed by atoms with E-state index in [4.69, 9.17) is 0 Å². The number of benzene rings is 4. The maximum atomic E-state index is 2.46. The zero-order chi connectivity index (χ0) is 35.0. The summed E-state index contributed by atoms with van der Waals surface area (Å²) >= 11 is 0. The van der Waals surface area contributed by atoms with Crippen molar-refractivity contribution >= 4 is 22.3 Å². The van der Waals surface area contributed by atoms with Gasteiger partial charge in [-0.1, -0.05) is 182 Å². The first kappa shape index (κ1) is 33.4. The van der Waals surface area contributed by atoms with Crippen molar-refractivity contribution in [3.05, 3.63) is 238 Å². The van der Waals surface area contributed by atoms with Crippen molar-refractivity contribution in [3.63, 3.8) is 0 Å². The Bertz CT molecular complexity index is 2220. The van der Waals surface area contributed by atoms with Gasteiger partial charge in [-0.2, -0.15) is 0 Å². The van der Waals surface area contributed by atoms with Gasteiger partial charge in [-0.15, -0.1) is 0 Å². The molecular formula is C52H46. The smallest absolute Gasteiger partial charge is 0.00301 e. The largest absolute Gasteiger partial charge is 0.0842 e. The predicted octanol–water partition coefficient (Wildman–Crippen LogP) is 14.0. The van der Waals surface area contributed by atoms with Gasteiger partial charge >= 0.3 is 0 Å². The van der Waals surface area contributed by atoms with Gasteiger partial charge in [-0.05, 0) is 129 Å². The Balaban J connectivity index is 1.20. The van der Waals surface area contributed by atoms with Gasteiger partial charge in [-0.25, -0.2) is 0 Å². The van der Waals surface area contributed by atoms with Crippen LogP contribution in [0.3, 0.4) is 0 Å². The van der Waals surface area contributed by atoms with Crippen LogP contribution in [0.1, 0.15) is 79.2 Å². The summed E-state index contributed by atoms with van der Waals surface area (Å²) in [6.45, 7) is 0. The van der Waals surface area contributed by atoms with Crippen molar-refractivity contribution in [2.45, 2.75) is 51.4 Å². The van der Waals surface area contributed by atoms with Crippen molar-refractivity contribution in [1.29, 1.82) is 0 Å². The Morgan fingerprint density at radius 3 is 1.37 bits per heavy atom. The highest BCUT2D eigenvalue weighted by Gasteiger charge is 2.23. The summed E-state index contributed by atoms with van der Waals surface area (Å²) in [6, 6.07) is 42.3. The van der Waals surface area contributed by atoms with E-state index in [1.165, 1.54) is 78.0 Å². The van der Waals surface area contributed by atoms with Crippen LogP contribution in [0.25, 0.3) is 22.3 Å². The second kappa shape index (κ2) is 16.1. The summed E-state index contributed by atoms with van der Waals surface area (Å²) in [5, 5.41) is 0. The van der Waals surface area contributed by atoms with E-state index >= 15 is 0 Å². The molecule has 0 saturated carbocycles. The highest BCUT2D eigenvalue weighted by Crippen LogP contribution is 2.43. The molecule has 8 rings (SSSR count). The third-order valence-corrected chi connectivity index (χ3v) is 10.7. The average molecular weight is 671 g/mol. The SMILES string of the molecule is C1=CCCC(C(=C(C2=CCCC=C2)C2=CC=C(c3ccc(C(=C(C4=CC=CCC4)c4ccccc4)c4ccccc4)cc3)CC2)c2ccccc2)=C1. The molecule has 0 atom stereocenters. The topological polar surface area (TPSA) is 0 Å². The van der Waals surface area contributed by atoms with Crippen LogP contribution in [-0.2, 0) is 0 Å². The van der Waals surface area contributed by atoms with E-state index in [0.717, 1.165) is 51.4 Å². The summed E-state index contributed by atoms with van der Waals surface area (Å²) in [5.41, 5.74) is 18.8. The molecule has 0 N–H and O–H groups in total. The van der Waals surface area contributed by atoms with Crippen LogP contribution in [0.4, 0.5) is 0 Å². The molecule has 0 unspecified atom stereocenters. The van der Waals surface area contributed by atoms with Crippen molar-refractivity contribution in [2.24, 2.45) is 0 Å². The van der Waals surface area contributed by atoms with E-state index in [-0.39, 0.29) is 0 Å². The molecule has 52 heavy (non-hydrogen) atoms. The van der Waals surface area contributed by atoms with Crippen LogP contribution >= 0.6 is 0 Å². The van der Waals surface area contributed by atoms with Crippen molar-refractivity contribution < 1.29 is 0 Å². The molecule has 4 aliphatic rings. The highest BCUT2D eigenvalue weighted by molar-refractivity contribution is 6.04. The van der Waals surface area contributed by atoms with E-state index in [0.29, 0.717) is 0 Å². The minimum absolute atomic E-state index is 1.02. The molecule has 0 heteroatoms. The summed E-state index contributed by atoms with van der Waals surface area (Å²) in [7, 11) is 0. The van der Waals surface area contributed by atoms with E-state index < -0.39 is 0 Å². The summed E-state index contributed by atoms with van der Waals surface area (Å²) < 4.78 is 0. The summed E-state index contributed by atoms with van der Waals surface area (Å²) in [4.78, 5) is 0. The van der Waals surface area contributed by atoms with Gasteiger partial charge in [-0.3, -0.25) is 0 Å². The molecule has 0 nitrogen and oxygen atoms in total. The van der Waals surface area contributed by atoms with E-state index in [1.54, 1.807) is 0 Å². The molecule has 0 amide bonds. The van der Waals surface area contributed by atoms with Gasteiger partial charge in [0.2, 0.25) is 0 Å². The molecule has 0 radical (unpaired) electrons. The molecular weight excluding hydrogens is 625 g/mol. The van der Waals surface area contributed by atoms with Gasteiger partial charge in [0.25, 0.3) is 0 Å². The van der Waals surface area contributed by atoms with Crippen LogP contribution in [0.15, 0.2) is 210 Å². The lowest BCUT2D eigenvalue weighted by Crippen LogP contribution is -2.06. The Hall–Kier alpha value is -5.72. The fourth-order valence-electron chi connectivity index (χ4n) is 8.10. The molecule has 0 aliphatic heterocycles. The zero-order valence-corrected chi connectivity index (χ0v) is 30.0. The highest BCUT2D eigenvalue weighted by atomic mass is 14.3. The molecule has 0 spiro atoms. The van der Waals surface area contributed by atoms with Crippen LogP contribution in [0, 0.1) is 0 Å². The first-order chi connectivity index (χ1) is 25.8. The molecule has 0 aromatic heterocycles. The van der Waals surface area contributed by atoms with Crippen LogP contribution < -0.4 is 0 Å². The first-order valence-electron chi connectivity index (χ1n) is 19.1. The van der Waals surface area contributed by atoms with Crippen LogP contribution in [-0.4, -0.2) is 0 Å². The van der Waals surface area contributed by atoms with Gasteiger partial charge in [0.1, 0.15) is 0 Å². The van der Waals surface area contributed by atoms with Crippen molar-refractivity contribution in [1.82, 2.24) is 0 Å². The number of allylic oxidation sites excluding steroid dienone is 19. The lowest BCUT2D eigenvalue weighted by Gasteiger charge is -2.26. The second-order valence-electron chi connectivity index (χ2n) is 14.0. The van der Waals surface area contributed by atoms with Crippen molar-refractivity contribution in [3.8, 4) is 0 Å². The maximum Gasteiger partial charge on any atom is -0.00301 e. The molecule has 0 saturated heterocycles. The van der Waals surface area contributed by atoms with Crippen LogP contribution in [0.5, 0.6) is 0 Å². The minimum Gasteiger partial charge on any atom is -0.0842 e. The third kappa shape index (κ3) is 7.34. The van der Waals surface area contributed by atoms with Gasteiger partial charge < -0.3 is 0 Å². The minimum atomic E-state index is 1.02. The molecule has 0 bridgehead atoms. The Morgan fingerprint density at radius 2 is 0.885 bits per heavy atom. The van der Waals surface area contributed by atoms with Crippen LogP contribution in [0.2, 0.25) is 0 Å². The number of hydrogen-bond donors (Lipinski definition) is 0. The zero-order valence-electron chi connectivity index (χ0n) is 30.0. The molecule has 4 aliphatic carbocycles. The molecule has 4 aromatic rings. The normalized spacial score (nSPS) is 18.0. The Kier molecular flexibility index (Phi) is 10.3. The fourth-order valence-corrected chi connectivity index (χ4v) is 8.10. The van der Waals surface area contributed by atoms with E-state index in [9.17, 15) is 0 Å². The summed E-state index contributed by atoms with van der Waals surface area (Å²) in [5.74, 6) is 0. The monoisotopic (exact) mass is 670 g/mol. The van der Waals surface area contributed by atoms with Gasteiger partial charge in [0.05, 0.1) is 0 Å². The summed E-state index contributed by atoms with van der Waals surface area (Å²) in [6.07, 6.45) is 34.2. The second-order valence-corrected chi connectivity index (χ2v) is 14.0. The van der Waals surface area contributed by atoms with E-state index in [1.807, 2.05) is 0 Å². The lowest BCUT2D eigenvalue weighted by molar-refractivity contribution is 0.965. The number of hydrogen-bond acceptors (Lipinski definition) is 0. The standard InChI is InChI=1S/C52H46/c1-7-19-41(20-8-1)49(42-21-9-2-10-22-42)51(45-27-15-5-16-28-45)47-35-31-39(32-36-47)40-33-37-48(38-34-40)52(46-29-17-6-18-30-46)50(43-23-11-3-12-24-43)44-25-13-4-14-26-44/h1-5,7-9,11-13,15-17,19-21,23-25,27-33,35-37H,6,10,14,18,22,26,34,38H2. The molecule has 0 fully saturated rings. The molecule has 0 heterocycles. The number of rotatable bonds is 9. The fraction of sp³-hybridized carbons (Fsp3) is 0.154. The van der Waals surface area contributed by atoms with Gasteiger partial charge in [0, 0.05) is 0 Å². The maximum absolute atomic E-state index is 2.46. The lowest BCUT2D eigenvalue weighted by atomic mass is 9.78. The average Bonchev–Trinajstić information content (AvgIpc) is 3.24. The van der Waals surface area contributed by atoms with Crippen molar-refractivity contribution in [2.75, 3.05) is 0 Å².